The predicted octanol–water partition coefficient (Wildman–Crippen LogP) is 0.0657. The van der Waals surface area contributed by atoms with E-state index in [0.29, 0.717) is 9.05 Å². The number of hydrogen-bond donors (Lipinski definition) is 3. The molecule has 3 N–H and O–H groups in total. The Bertz CT molecular complexity index is 244. The summed E-state index contributed by atoms with van der Waals surface area (Å²) in [6.45, 7) is 0.0190. The first-order valence-corrected chi connectivity index (χ1v) is 4.85. The van der Waals surface area contributed by atoms with Crippen molar-refractivity contribution in [3.63, 3.8) is 0 Å². The fraction of sp³-hybridized carbons (Fsp3) is 0.600. The number of nitrogens with one attached hydrogen (secondary N) is 1. The first-order chi connectivity index (χ1) is 5.72. The number of aliphatic hydroxyl groups is 2. The molecule has 1 aromatic heterocycles. The van der Waals surface area contributed by atoms with Gasteiger partial charge in [-0.3, -0.25) is 0 Å². The number of halogens is 1. The van der Waals surface area contributed by atoms with E-state index in [-0.39, 0.29) is 13.2 Å². The summed E-state index contributed by atoms with van der Waals surface area (Å²) < 4.78 is 0.684. The van der Waals surface area contributed by atoms with Crippen molar-refractivity contribution in [3.8, 4) is 0 Å². The highest BCUT2D eigenvalue weighted by Gasteiger charge is 2.04. The SMILES string of the molecule is OCC(O)CNc1nnc(Br)s1. The summed E-state index contributed by atoms with van der Waals surface area (Å²) in [5, 5.41) is 28.3. The van der Waals surface area contributed by atoms with Crippen molar-refractivity contribution in [3.05, 3.63) is 3.92 Å². The molecule has 0 aliphatic carbocycles. The highest BCUT2D eigenvalue weighted by molar-refractivity contribution is 9.11. The summed E-state index contributed by atoms with van der Waals surface area (Å²) in [5.74, 6) is 0. The van der Waals surface area contributed by atoms with Gasteiger partial charge in [-0.05, 0) is 15.9 Å². The Kier molecular flexibility index (Phi) is 3.86. The summed E-state index contributed by atoms with van der Waals surface area (Å²) in [6.07, 6.45) is -0.757. The maximum atomic E-state index is 8.96. The van der Waals surface area contributed by atoms with E-state index < -0.39 is 6.10 Å². The Morgan fingerprint density at radius 3 is 2.83 bits per heavy atom. The van der Waals surface area contributed by atoms with Gasteiger partial charge in [0.1, 0.15) is 0 Å². The Morgan fingerprint density at radius 1 is 1.58 bits per heavy atom. The van der Waals surface area contributed by atoms with E-state index in [2.05, 4.69) is 31.4 Å². The summed E-state index contributed by atoms with van der Waals surface area (Å²) in [7, 11) is 0. The minimum Gasteiger partial charge on any atom is -0.394 e. The van der Waals surface area contributed by atoms with Crippen molar-refractivity contribution < 1.29 is 10.2 Å². The molecule has 0 fully saturated rings. The Morgan fingerprint density at radius 2 is 2.33 bits per heavy atom. The first kappa shape index (κ1) is 9.85. The molecule has 1 rings (SSSR count). The molecule has 68 valence electrons. The molecule has 5 nitrogen and oxygen atoms in total. The normalized spacial score (nSPS) is 12.9. The van der Waals surface area contributed by atoms with Crippen molar-refractivity contribution >= 4 is 32.4 Å². The first-order valence-electron chi connectivity index (χ1n) is 3.24. The fourth-order valence-corrected chi connectivity index (χ4v) is 1.56. The molecule has 1 atom stereocenters. The minimum absolute atomic E-state index is 0.257. The number of anilines is 1. The van der Waals surface area contributed by atoms with Crippen LogP contribution in [0, 0.1) is 0 Å². The second kappa shape index (κ2) is 4.70. The van der Waals surface area contributed by atoms with Gasteiger partial charge >= 0.3 is 0 Å². The molecule has 0 amide bonds. The summed E-state index contributed by atoms with van der Waals surface area (Å²) in [4.78, 5) is 0. The monoisotopic (exact) mass is 253 g/mol. The molecule has 7 heteroatoms. The van der Waals surface area contributed by atoms with Crippen molar-refractivity contribution in [2.75, 3.05) is 18.5 Å². The van der Waals surface area contributed by atoms with E-state index >= 15 is 0 Å². The van der Waals surface area contributed by atoms with Crippen LogP contribution < -0.4 is 5.32 Å². The molecule has 1 aromatic rings. The number of hydrogen-bond acceptors (Lipinski definition) is 6. The summed E-state index contributed by atoms with van der Waals surface area (Å²) >= 11 is 4.48. The smallest absolute Gasteiger partial charge is 0.206 e. The third-order valence-electron chi connectivity index (χ3n) is 1.10. The molecule has 1 heterocycles. The summed E-state index contributed by atoms with van der Waals surface area (Å²) in [5.41, 5.74) is 0. The molecular weight excluding hydrogens is 246 g/mol. The Labute approximate surface area is 81.6 Å². The topological polar surface area (TPSA) is 78.3 Å². The van der Waals surface area contributed by atoms with Gasteiger partial charge in [0.05, 0.1) is 12.7 Å². The van der Waals surface area contributed by atoms with E-state index in [9.17, 15) is 0 Å². The van der Waals surface area contributed by atoms with Gasteiger partial charge in [-0.2, -0.15) is 0 Å². The number of aliphatic hydroxyl groups excluding tert-OH is 2. The van der Waals surface area contributed by atoms with E-state index in [4.69, 9.17) is 10.2 Å². The molecule has 0 bridgehead atoms. The highest BCUT2D eigenvalue weighted by Crippen LogP contribution is 2.19. The van der Waals surface area contributed by atoms with Gasteiger partial charge < -0.3 is 15.5 Å². The third-order valence-corrected chi connectivity index (χ3v) is 2.41. The van der Waals surface area contributed by atoms with Crippen LogP contribution in [0.3, 0.4) is 0 Å². The molecule has 0 aliphatic rings. The molecule has 0 spiro atoms. The zero-order valence-corrected chi connectivity index (χ0v) is 8.47. The lowest BCUT2D eigenvalue weighted by Gasteiger charge is -2.05. The van der Waals surface area contributed by atoms with E-state index in [1.54, 1.807) is 0 Å². The number of rotatable bonds is 4. The van der Waals surface area contributed by atoms with Gasteiger partial charge in [0.2, 0.25) is 5.13 Å². The van der Waals surface area contributed by atoms with Gasteiger partial charge in [0, 0.05) is 6.54 Å². The number of aromatic nitrogens is 2. The van der Waals surface area contributed by atoms with Gasteiger partial charge in [-0.15, -0.1) is 10.2 Å². The second-order valence-corrected chi connectivity index (χ2v) is 4.33. The van der Waals surface area contributed by atoms with Crippen molar-refractivity contribution in [2.24, 2.45) is 0 Å². The zero-order valence-electron chi connectivity index (χ0n) is 6.07. The van der Waals surface area contributed by atoms with E-state index in [1.165, 1.54) is 11.3 Å². The fourth-order valence-electron chi connectivity index (χ4n) is 0.546. The van der Waals surface area contributed by atoms with E-state index in [1.807, 2.05) is 0 Å². The Hall–Kier alpha value is -0.240. The van der Waals surface area contributed by atoms with Crippen LogP contribution in [0.5, 0.6) is 0 Å². The van der Waals surface area contributed by atoms with Crippen LogP contribution in [-0.2, 0) is 0 Å². The molecule has 1 unspecified atom stereocenters. The maximum Gasteiger partial charge on any atom is 0.206 e. The molecule has 0 aliphatic heterocycles. The average molecular weight is 254 g/mol. The largest absolute Gasteiger partial charge is 0.394 e. The standard InChI is InChI=1S/C5H8BrN3O2S/c6-4-8-9-5(12-4)7-1-3(11)2-10/h3,10-11H,1-2H2,(H,7,9). The lowest BCUT2D eigenvalue weighted by Crippen LogP contribution is -2.22. The third kappa shape index (κ3) is 3.02. The van der Waals surface area contributed by atoms with Crippen LogP contribution in [-0.4, -0.2) is 39.7 Å². The molecule has 0 aromatic carbocycles. The van der Waals surface area contributed by atoms with Crippen LogP contribution in [0.1, 0.15) is 0 Å². The van der Waals surface area contributed by atoms with Crippen LogP contribution in [0.15, 0.2) is 3.92 Å². The molecule has 0 saturated carbocycles. The predicted molar refractivity (Wildman–Crippen MR) is 49.2 cm³/mol. The average Bonchev–Trinajstić information content (AvgIpc) is 2.47. The number of nitrogens with zero attached hydrogens (tertiary/aromatic N) is 2. The van der Waals surface area contributed by atoms with Crippen LogP contribution >= 0.6 is 27.3 Å². The Balaban J connectivity index is 2.33. The minimum atomic E-state index is -0.757. The van der Waals surface area contributed by atoms with Crippen molar-refractivity contribution in [1.29, 1.82) is 0 Å². The zero-order chi connectivity index (χ0) is 8.97. The van der Waals surface area contributed by atoms with Crippen LogP contribution in [0.4, 0.5) is 5.13 Å². The van der Waals surface area contributed by atoms with Crippen molar-refractivity contribution in [1.82, 2.24) is 10.2 Å². The second-order valence-electron chi connectivity index (χ2n) is 2.08. The molecular formula is C5H8BrN3O2S. The van der Waals surface area contributed by atoms with Crippen molar-refractivity contribution in [2.45, 2.75) is 6.10 Å². The van der Waals surface area contributed by atoms with Gasteiger partial charge in [-0.1, -0.05) is 11.3 Å². The molecule has 0 saturated heterocycles. The maximum absolute atomic E-state index is 8.96. The lowest BCUT2D eigenvalue weighted by atomic mass is 10.4. The van der Waals surface area contributed by atoms with Gasteiger partial charge in [-0.25, -0.2) is 0 Å². The highest BCUT2D eigenvalue weighted by atomic mass is 79.9. The van der Waals surface area contributed by atoms with Crippen LogP contribution in [0.25, 0.3) is 0 Å². The van der Waals surface area contributed by atoms with Gasteiger partial charge in [0.15, 0.2) is 3.92 Å². The summed E-state index contributed by atoms with van der Waals surface area (Å²) in [6, 6.07) is 0. The van der Waals surface area contributed by atoms with E-state index in [0.717, 1.165) is 0 Å². The molecule has 12 heavy (non-hydrogen) atoms. The molecule has 0 radical (unpaired) electrons. The quantitative estimate of drug-likeness (QED) is 0.708. The van der Waals surface area contributed by atoms with Gasteiger partial charge in [0.25, 0.3) is 0 Å². The van der Waals surface area contributed by atoms with Crippen LogP contribution in [0.2, 0.25) is 0 Å². The lowest BCUT2D eigenvalue weighted by molar-refractivity contribution is 0.105.